The summed E-state index contributed by atoms with van der Waals surface area (Å²) in [6.07, 6.45) is -0.329. The monoisotopic (exact) mass is 256 g/mol. The van der Waals surface area contributed by atoms with Gasteiger partial charge in [-0.15, -0.1) is 0 Å². The Hall–Kier alpha value is -1.75. The third-order valence-corrected chi connectivity index (χ3v) is 2.46. The SMILES string of the molecule is CC(O)Cc1ccc(-c2ccc(F)c(F)c2F)o1. The highest BCUT2D eigenvalue weighted by molar-refractivity contribution is 5.58. The third kappa shape index (κ3) is 2.41. The lowest BCUT2D eigenvalue weighted by Crippen LogP contribution is -2.02. The number of benzene rings is 1. The van der Waals surface area contributed by atoms with Gasteiger partial charge in [0.1, 0.15) is 11.5 Å². The van der Waals surface area contributed by atoms with E-state index >= 15 is 0 Å². The molecule has 0 aliphatic heterocycles. The maximum absolute atomic E-state index is 13.5. The summed E-state index contributed by atoms with van der Waals surface area (Å²) >= 11 is 0. The topological polar surface area (TPSA) is 33.4 Å². The maximum atomic E-state index is 13.5. The molecule has 1 N–H and O–H groups in total. The van der Waals surface area contributed by atoms with Gasteiger partial charge in [0, 0.05) is 6.42 Å². The highest BCUT2D eigenvalue weighted by atomic mass is 19.2. The van der Waals surface area contributed by atoms with Crippen LogP contribution in [0.15, 0.2) is 28.7 Å². The first-order chi connectivity index (χ1) is 8.49. The summed E-state index contributed by atoms with van der Waals surface area (Å²) in [5.74, 6) is -3.51. The normalized spacial score (nSPS) is 12.7. The van der Waals surface area contributed by atoms with Crippen LogP contribution in [0.2, 0.25) is 0 Å². The molecule has 1 unspecified atom stereocenters. The Morgan fingerprint density at radius 2 is 1.83 bits per heavy atom. The van der Waals surface area contributed by atoms with E-state index in [1.54, 1.807) is 13.0 Å². The standard InChI is InChI=1S/C13H11F3O2/c1-7(17)6-8-2-5-11(18-8)9-3-4-10(14)13(16)12(9)15/h2-5,7,17H,6H2,1H3. The van der Waals surface area contributed by atoms with Crippen LogP contribution < -0.4 is 0 Å². The molecule has 2 rings (SSSR count). The second kappa shape index (κ2) is 4.86. The minimum Gasteiger partial charge on any atom is -0.461 e. The van der Waals surface area contributed by atoms with E-state index in [9.17, 15) is 18.3 Å². The molecule has 1 aromatic carbocycles. The fourth-order valence-electron chi connectivity index (χ4n) is 1.64. The Balaban J connectivity index is 2.37. The molecule has 96 valence electrons. The molecule has 0 spiro atoms. The molecule has 0 saturated heterocycles. The quantitative estimate of drug-likeness (QED) is 0.855. The number of aliphatic hydroxyl groups is 1. The van der Waals surface area contributed by atoms with Crippen molar-refractivity contribution in [3.05, 3.63) is 47.5 Å². The molecule has 2 nitrogen and oxygen atoms in total. The smallest absolute Gasteiger partial charge is 0.195 e. The zero-order valence-electron chi connectivity index (χ0n) is 9.58. The fraction of sp³-hybridized carbons (Fsp3) is 0.231. The second-order valence-electron chi connectivity index (χ2n) is 4.04. The van der Waals surface area contributed by atoms with Crippen LogP contribution in [-0.2, 0) is 6.42 Å². The Morgan fingerprint density at radius 3 is 2.50 bits per heavy atom. The Labute approximate surface area is 102 Å². The molecule has 18 heavy (non-hydrogen) atoms. The van der Waals surface area contributed by atoms with Gasteiger partial charge >= 0.3 is 0 Å². The summed E-state index contributed by atoms with van der Waals surface area (Å²) in [6.45, 7) is 1.58. The third-order valence-electron chi connectivity index (χ3n) is 2.46. The summed E-state index contributed by atoms with van der Waals surface area (Å²) in [7, 11) is 0. The Morgan fingerprint density at radius 1 is 1.11 bits per heavy atom. The van der Waals surface area contributed by atoms with Gasteiger partial charge in [0.25, 0.3) is 0 Å². The van der Waals surface area contributed by atoms with Gasteiger partial charge in [0.15, 0.2) is 17.5 Å². The zero-order valence-corrected chi connectivity index (χ0v) is 9.58. The average Bonchev–Trinajstić information content (AvgIpc) is 2.73. The molecule has 0 fully saturated rings. The largest absolute Gasteiger partial charge is 0.461 e. The molecule has 0 saturated carbocycles. The minimum atomic E-state index is -1.53. The van der Waals surface area contributed by atoms with Gasteiger partial charge in [-0.1, -0.05) is 0 Å². The Bertz CT molecular complexity index is 561. The first-order valence-corrected chi connectivity index (χ1v) is 5.39. The highest BCUT2D eigenvalue weighted by Crippen LogP contribution is 2.27. The van der Waals surface area contributed by atoms with Crippen LogP contribution in [0, 0.1) is 17.5 Å². The predicted molar refractivity (Wildman–Crippen MR) is 59.4 cm³/mol. The number of halogens is 3. The summed E-state index contributed by atoms with van der Waals surface area (Å²) in [5.41, 5.74) is -0.147. The molecule has 0 radical (unpaired) electrons. The molecule has 0 aliphatic rings. The van der Waals surface area contributed by atoms with E-state index in [0.29, 0.717) is 5.76 Å². The van der Waals surface area contributed by atoms with E-state index in [2.05, 4.69) is 0 Å². The zero-order chi connectivity index (χ0) is 13.3. The number of aliphatic hydroxyl groups excluding tert-OH is 1. The van der Waals surface area contributed by atoms with Gasteiger partial charge < -0.3 is 9.52 Å². The van der Waals surface area contributed by atoms with E-state index in [1.807, 2.05) is 0 Å². The number of furan rings is 1. The lowest BCUT2D eigenvalue weighted by molar-refractivity contribution is 0.187. The van der Waals surface area contributed by atoms with Gasteiger partial charge in [-0.3, -0.25) is 0 Å². The van der Waals surface area contributed by atoms with Crippen molar-refractivity contribution < 1.29 is 22.7 Å². The van der Waals surface area contributed by atoms with Crippen molar-refractivity contribution in [2.75, 3.05) is 0 Å². The number of hydrogen-bond acceptors (Lipinski definition) is 2. The predicted octanol–water partition coefficient (Wildman–Crippen LogP) is 3.29. The molecule has 5 heteroatoms. The number of rotatable bonds is 3. The van der Waals surface area contributed by atoms with Gasteiger partial charge in [-0.05, 0) is 31.2 Å². The average molecular weight is 256 g/mol. The molecule has 1 aromatic heterocycles. The van der Waals surface area contributed by atoms with Crippen LogP contribution in [0.1, 0.15) is 12.7 Å². The fourth-order valence-corrected chi connectivity index (χ4v) is 1.64. The number of hydrogen-bond donors (Lipinski definition) is 1. The van der Waals surface area contributed by atoms with E-state index in [1.165, 1.54) is 6.07 Å². The molecule has 0 aliphatic carbocycles. The van der Waals surface area contributed by atoms with Crippen molar-refractivity contribution in [3.63, 3.8) is 0 Å². The van der Waals surface area contributed by atoms with Crippen molar-refractivity contribution in [1.29, 1.82) is 0 Å². The lowest BCUT2D eigenvalue weighted by atomic mass is 10.1. The van der Waals surface area contributed by atoms with Crippen molar-refractivity contribution in [2.45, 2.75) is 19.4 Å². The van der Waals surface area contributed by atoms with Gasteiger partial charge in [-0.2, -0.15) is 0 Å². The van der Waals surface area contributed by atoms with Crippen LogP contribution in [0.3, 0.4) is 0 Å². The molecular formula is C13H11F3O2. The van der Waals surface area contributed by atoms with E-state index in [-0.39, 0.29) is 17.7 Å². The first kappa shape index (κ1) is 12.7. The van der Waals surface area contributed by atoms with Crippen LogP contribution in [0.25, 0.3) is 11.3 Å². The van der Waals surface area contributed by atoms with Crippen LogP contribution in [-0.4, -0.2) is 11.2 Å². The second-order valence-corrected chi connectivity index (χ2v) is 4.04. The van der Waals surface area contributed by atoms with Crippen LogP contribution >= 0.6 is 0 Å². The van der Waals surface area contributed by atoms with Crippen molar-refractivity contribution >= 4 is 0 Å². The lowest BCUT2D eigenvalue weighted by Gasteiger charge is -2.02. The Kier molecular flexibility index (Phi) is 3.43. The minimum absolute atomic E-state index is 0.0991. The molecule has 1 heterocycles. The van der Waals surface area contributed by atoms with E-state index < -0.39 is 23.6 Å². The van der Waals surface area contributed by atoms with Crippen molar-refractivity contribution in [2.24, 2.45) is 0 Å². The summed E-state index contributed by atoms with van der Waals surface area (Å²) in [6, 6.07) is 4.96. The summed E-state index contributed by atoms with van der Waals surface area (Å²) < 4.78 is 44.6. The molecular weight excluding hydrogens is 245 g/mol. The summed E-state index contributed by atoms with van der Waals surface area (Å²) in [4.78, 5) is 0. The van der Waals surface area contributed by atoms with Crippen LogP contribution in [0.4, 0.5) is 13.2 Å². The molecule has 1 atom stereocenters. The van der Waals surface area contributed by atoms with Gasteiger partial charge in [-0.25, -0.2) is 13.2 Å². The summed E-state index contributed by atoms with van der Waals surface area (Å²) in [5, 5.41) is 9.18. The van der Waals surface area contributed by atoms with E-state index in [0.717, 1.165) is 12.1 Å². The molecule has 0 bridgehead atoms. The maximum Gasteiger partial charge on any atom is 0.195 e. The van der Waals surface area contributed by atoms with Gasteiger partial charge in [0.05, 0.1) is 11.7 Å². The van der Waals surface area contributed by atoms with Gasteiger partial charge in [0.2, 0.25) is 0 Å². The van der Waals surface area contributed by atoms with Crippen LogP contribution in [0.5, 0.6) is 0 Å². The molecule has 0 amide bonds. The highest BCUT2D eigenvalue weighted by Gasteiger charge is 2.17. The van der Waals surface area contributed by atoms with Crippen molar-refractivity contribution in [1.82, 2.24) is 0 Å². The van der Waals surface area contributed by atoms with Crippen molar-refractivity contribution in [3.8, 4) is 11.3 Å². The van der Waals surface area contributed by atoms with E-state index in [4.69, 9.17) is 4.42 Å². The first-order valence-electron chi connectivity index (χ1n) is 5.39. The molecule has 2 aromatic rings.